The number of hydrogen-bond acceptors (Lipinski definition) is 2. The summed E-state index contributed by atoms with van der Waals surface area (Å²) in [6.45, 7) is 2.01. The predicted molar refractivity (Wildman–Crippen MR) is 145 cm³/mol. The number of carbonyl (C=O) groups is 1. The van der Waals surface area contributed by atoms with Gasteiger partial charge in [-0.25, -0.2) is 4.68 Å². The van der Waals surface area contributed by atoms with E-state index in [0.717, 1.165) is 57.5 Å². The molecule has 178 valence electrons. The molecule has 1 aliphatic carbocycles. The fourth-order valence-corrected chi connectivity index (χ4v) is 5.49. The lowest BCUT2D eigenvalue weighted by molar-refractivity contribution is -0.123. The van der Waals surface area contributed by atoms with Gasteiger partial charge in [-0.05, 0) is 62.1 Å². The molecule has 5 rings (SSSR count). The molecule has 35 heavy (non-hydrogen) atoms. The van der Waals surface area contributed by atoms with Crippen molar-refractivity contribution in [3.63, 3.8) is 0 Å². The number of nitrogens with one attached hydrogen (secondary N) is 1. The molecule has 1 heterocycles. The van der Waals surface area contributed by atoms with E-state index in [1.54, 1.807) is 12.1 Å². The third-order valence-corrected chi connectivity index (χ3v) is 7.56. The number of rotatable bonds is 5. The number of carbonyl (C=O) groups excluding carboxylic acids is 1. The lowest BCUT2D eigenvalue weighted by Crippen LogP contribution is -2.33. The number of amides is 1. The van der Waals surface area contributed by atoms with Crippen LogP contribution < -0.4 is 5.32 Å². The van der Waals surface area contributed by atoms with Gasteiger partial charge < -0.3 is 5.32 Å². The molecule has 3 aromatic carbocycles. The fourth-order valence-electron chi connectivity index (χ4n) is 4.74. The number of halogens is 3. The lowest BCUT2D eigenvalue weighted by atomic mass is 9.85. The first-order valence-corrected chi connectivity index (χ1v) is 13.2. The van der Waals surface area contributed by atoms with Gasteiger partial charge >= 0.3 is 0 Å². The van der Waals surface area contributed by atoms with Crippen molar-refractivity contribution in [1.29, 1.82) is 0 Å². The summed E-state index contributed by atoms with van der Waals surface area (Å²) in [6, 6.07) is 23.4. The van der Waals surface area contributed by atoms with Gasteiger partial charge in [0.2, 0.25) is 5.91 Å². The van der Waals surface area contributed by atoms with E-state index >= 15 is 0 Å². The smallest absolute Gasteiger partial charge is 0.229 e. The quantitative estimate of drug-likeness (QED) is 0.266. The summed E-state index contributed by atoms with van der Waals surface area (Å²) >= 11 is 16.3. The predicted octanol–water partition coefficient (Wildman–Crippen LogP) is 7.91. The molecule has 0 saturated carbocycles. The molecule has 0 saturated heterocycles. The Morgan fingerprint density at radius 3 is 2.54 bits per heavy atom. The highest BCUT2D eigenvalue weighted by Gasteiger charge is 2.34. The van der Waals surface area contributed by atoms with Gasteiger partial charge in [-0.3, -0.25) is 4.79 Å². The zero-order chi connectivity index (χ0) is 24.5. The molecular formula is C28H24BrCl2N3O. The Labute approximate surface area is 223 Å². The first kappa shape index (κ1) is 24.1. The van der Waals surface area contributed by atoms with E-state index in [2.05, 4.69) is 33.4 Å². The highest BCUT2D eigenvalue weighted by atomic mass is 79.9. The average molecular weight is 569 g/mol. The molecule has 1 N–H and O–H groups in total. The molecule has 1 amide bonds. The molecule has 1 aromatic heterocycles. The maximum Gasteiger partial charge on any atom is 0.229 e. The van der Waals surface area contributed by atoms with Crippen LogP contribution in [0.4, 0.5) is 0 Å². The van der Waals surface area contributed by atoms with E-state index < -0.39 is 0 Å². The van der Waals surface area contributed by atoms with E-state index in [-0.39, 0.29) is 17.9 Å². The van der Waals surface area contributed by atoms with Gasteiger partial charge in [0.15, 0.2) is 0 Å². The fraction of sp³-hybridized carbons (Fsp3) is 0.214. The molecule has 0 bridgehead atoms. The minimum Gasteiger partial charge on any atom is -0.349 e. The summed E-state index contributed by atoms with van der Waals surface area (Å²) in [5.41, 5.74) is 5.71. The van der Waals surface area contributed by atoms with Crippen LogP contribution in [0.1, 0.15) is 48.5 Å². The van der Waals surface area contributed by atoms with Crippen LogP contribution in [0.25, 0.3) is 16.9 Å². The third kappa shape index (κ3) is 4.90. The number of nitrogens with zero attached hydrogens (tertiary/aromatic N) is 2. The average Bonchev–Trinajstić information content (AvgIpc) is 3.24. The molecule has 4 nitrogen and oxygen atoms in total. The number of benzene rings is 3. The molecular weight excluding hydrogens is 545 g/mol. The second kappa shape index (κ2) is 10.2. The van der Waals surface area contributed by atoms with Crippen LogP contribution in [0.2, 0.25) is 10.0 Å². The molecule has 1 aliphatic rings. The Morgan fingerprint density at radius 1 is 1.09 bits per heavy atom. The first-order chi connectivity index (χ1) is 16.9. The van der Waals surface area contributed by atoms with Gasteiger partial charge in [-0.1, -0.05) is 81.6 Å². The second-order valence-corrected chi connectivity index (χ2v) is 10.6. The summed E-state index contributed by atoms with van der Waals surface area (Å²) in [4.78, 5) is 13.5. The van der Waals surface area contributed by atoms with Gasteiger partial charge in [-0.2, -0.15) is 5.10 Å². The summed E-state index contributed by atoms with van der Waals surface area (Å²) in [7, 11) is 0. The Morgan fingerprint density at radius 2 is 1.83 bits per heavy atom. The number of fused-ring (bicyclic) bond motifs is 1. The monoisotopic (exact) mass is 567 g/mol. The van der Waals surface area contributed by atoms with Crippen LogP contribution in [0.15, 0.2) is 77.3 Å². The van der Waals surface area contributed by atoms with E-state index in [0.29, 0.717) is 10.0 Å². The van der Waals surface area contributed by atoms with E-state index in [1.165, 1.54) is 0 Å². The first-order valence-electron chi connectivity index (χ1n) is 11.6. The molecule has 0 radical (unpaired) electrons. The minimum absolute atomic E-state index is 0.00323. The van der Waals surface area contributed by atoms with E-state index in [1.807, 2.05) is 60.1 Å². The molecule has 0 unspecified atom stereocenters. The highest BCUT2D eigenvalue weighted by molar-refractivity contribution is 9.10. The Balaban J connectivity index is 1.58. The van der Waals surface area contributed by atoms with Gasteiger partial charge in [0.25, 0.3) is 0 Å². The summed E-state index contributed by atoms with van der Waals surface area (Å²) < 4.78 is 2.87. The summed E-state index contributed by atoms with van der Waals surface area (Å²) in [5.74, 6) is -0.331. The topological polar surface area (TPSA) is 46.9 Å². The Bertz CT molecular complexity index is 1370. The molecule has 0 spiro atoms. The van der Waals surface area contributed by atoms with Crippen molar-refractivity contribution in [2.24, 2.45) is 0 Å². The number of aromatic nitrogens is 2. The van der Waals surface area contributed by atoms with Gasteiger partial charge in [-0.15, -0.1) is 0 Å². The van der Waals surface area contributed by atoms with Gasteiger partial charge in [0, 0.05) is 20.6 Å². The van der Waals surface area contributed by atoms with Crippen molar-refractivity contribution in [3.05, 3.63) is 104 Å². The van der Waals surface area contributed by atoms with Gasteiger partial charge in [0.1, 0.15) is 0 Å². The lowest BCUT2D eigenvalue weighted by Gasteiger charge is -2.23. The zero-order valence-electron chi connectivity index (χ0n) is 19.1. The van der Waals surface area contributed by atoms with Crippen LogP contribution in [0, 0.1) is 0 Å². The Kier molecular flexibility index (Phi) is 7.01. The van der Waals surface area contributed by atoms with Crippen molar-refractivity contribution in [2.45, 2.75) is 38.1 Å². The van der Waals surface area contributed by atoms with Gasteiger partial charge in [0.05, 0.1) is 34.1 Å². The van der Waals surface area contributed by atoms with Crippen molar-refractivity contribution in [1.82, 2.24) is 15.1 Å². The van der Waals surface area contributed by atoms with Crippen LogP contribution in [0.5, 0.6) is 0 Å². The second-order valence-electron chi connectivity index (χ2n) is 8.81. The highest BCUT2D eigenvalue weighted by Crippen LogP contribution is 2.40. The van der Waals surface area contributed by atoms with Crippen LogP contribution in [0.3, 0.4) is 0 Å². The summed E-state index contributed by atoms with van der Waals surface area (Å²) in [5, 5.41) is 9.28. The standard InChI is InChI=1S/C28H24BrCl2N3O/c1-17(18-6-3-2-4-7-18)32-28(35)23-9-5-8-22-26(23)33-34(25-15-14-21(30)16-24(25)31)27(22)19-10-12-20(29)13-11-19/h2-4,6-7,10-17,23H,5,8-9H2,1H3,(H,32,35)/t17-,23-/m1/s1. The minimum atomic E-state index is -0.327. The van der Waals surface area contributed by atoms with Crippen molar-refractivity contribution in [2.75, 3.05) is 0 Å². The molecule has 0 aliphatic heterocycles. The number of hydrogen-bond donors (Lipinski definition) is 1. The van der Waals surface area contributed by atoms with Crippen LogP contribution >= 0.6 is 39.1 Å². The zero-order valence-corrected chi connectivity index (χ0v) is 22.2. The van der Waals surface area contributed by atoms with E-state index in [9.17, 15) is 4.79 Å². The normalized spacial score (nSPS) is 15.9. The van der Waals surface area contributed by atoms with Crippen LogP contribution in [-0.2, 0) is 11.2 Å². The SMILES string of the molecule is C[C@@H](NC(=O)[C@@H]1CCCc2c1nn(-c1ccc(Cl)cc1Cl)c2-c1ccc(Br)cc1)c1ccccc1. The third-order valence-electron chi connectivity index (χ3n) is 6.49. The molecule has 7 heteroatoms. The maximum absolute atomic E-state index is 13.5. The van der Waals surface area contributed by atoms with Crippen molar-refractivity contribution < 1.29 is 4.79 Å². The van der Waals surface area contributed by atoms with E-state index in [4.69, 9.17) is 28.3 Å². The molecule has 4 aromatic rings. The summed E-state index contributed by atoms with van der Waals surface area (Å²) in [6.07, 6.45) is 2.52. The van der Waals surface area contributed by atoms with Crippen LogP contribution in [-0.4, -0.2) is 15.7 Å². The Hall–Kier alpha value is -2.60. The molecule has 0 fully saturated rings. The van der Waals surface area contributed by atoms with Crippen molar-refractivity contribution in [3.8, 4) is 16.9 Å². The largest absolute Gasteiger partial charge is 0.349 e. The van der Waals surface area contributed by atoms with Crippen molar-refractivity contribution >= 4 is 45.0 Å². The molecule has 2 atom stereocenters. The maximum atomic E-state index is 13.5.